The maximum absolute atomic E-state index is 13.1. The molecule has 0 unspecified atom stereocenters. The van der Waals surface area contributed by atoms with Crippen molar-refractivity contribution in [2.24, 2.45) is 0 Å². The first-order valence-corrected chi connectivity index (χ1v) is 7.11. The van der Waals surface area contributed by atoms with Crippen molar-refractivity contribution in [2.45, 2.75) is 6.42 Å². The SMILES string of the molecule is COc1c(-c2ccc(F)cc2)oc2c(CC(=O)O)cccc2c1=O. The molecule has 0 fully saturated rings. The Morgan fingerprint density at radius 1 is 1.21 bits per heavy atom. The number of hydrogen-bond donors (Lipinski definition) is 1. The van der Waals surface area contributed by atoms with Gasteiger partial charge in [-0.15, -0.1) is 0 Å². The van der Waals surface area contributed by atoms with Crippen LogP contribution in [0.25, 0.3) is 22.3 Å². The third-order valence-corrected chi connectivity index (χ3v) is 3.61. The molecule has 0 atom stereocenters. The maximum Gasteiger partial charge on any atom is 0.307 e. The first-order valence-electron chi connectivity index (χ1n) is 7.11. The number of carbonyl (C=O) groups is 1. The molecule has 6 heteroatoms. The third kappa shape index (κ3) is 2.74. The minimum Gasteiger partial charge on any atom is -0.490 e. The van der Waals surface area contributed by atoms with E-state index in [9.17, 15) is 14.0 Å². The van der Waals surface area contributed by atoms with Crippen molar-refractivity contribution in [3.63, 3.8) is 0 Å². The molecular weight excluding hydrogens is 315 g/mol. The van der Waals surface area contributed by atoms with Gasteiger partial charge in [-0.05, 0) is 30.3 Å². The van der Waals surface area contributed by atoms with Crippen LogP contribution in [0.2, 0.25) is 0 Å². The average Bonchev–Trinajstić information content (AvgIpc) is 2.55. The third-order valence-electron chi connectivity index (χ3n) is 3.61. The van der Waals surface area contributed by atoms with E-state index in [0.29, 0.717) is 11.1 Å². The Morgan fingerprint density at radius 3 is 2.54 bits per heavy atom. The molecule has 3 rings (SSSR count). The molecule has 1 N–H and O–H groups in total. The molecule has 5 nitrogen and oxygen atoms in total. The Labute approximate surface area is 135 Å². The van der Waals surface area contributed by atoms with Gasteiger partial charge in [0.05, 0.1) is 18.9 Å². The van der Waals surface area contributed by atoms with E-state index in [0.717, 1.165) is 0 Å². The monoisotopic (exact) mass is 328 g/mol. The summed E-state index contributed by atoms with van der Waals surface area (Å²) < 4.78 is 24.1. The first kappa shape index (κ1) is 15.7. The number of fused-ring (bicyclic) bond motifs is 1. The quantitative estimate of drug-likeness (QED) is 0.795. The minimum absolute atomic E-state index is 0.0124. The molecule has 0 aliphatic carbocycles. The van der Waals surface area contributed by atoms with Crippen LogP contribution >= 0.6 is 0 Å². The van der Waals surface area contributed by atoms with Crippen molar-refractivity contribution in [3.05, 3.63) is 64.1 Å². The van der Waals surface area contributed by atoms with Crippen LogP contribution in [0.5, 0.6) is 5.75 Å². The van der Waals surface area contributed by atoms with Gasteiger partial charge in [0, 0.05) is 11.1 Å². The number of para-hydroxylation sites is 1. The molecule has 0 spiro atoms. The highest BCUT2D eigenvalue weighted by atomic mass is 19.1. The summed E-state index contributed by atoms with van der Waals surface area (Å²) in [6, 6.07) is 10.1. The topological polar surface area (TPSA) is 76.7 Å². The summed E-state index contributed by atoms with van der Waals surface area (Å²) in [6.07, 6.45) is -0.282. The van der Waals surface area contributed by atoms with Crippen LogP contribution in [0, 0.1) is 5.82 Å². The van der Waals surface area contributed by atoms with Crippen molar-refractivity contribution in [3.8, 4) is 17.1 Å². The number of aliphatic carboxylic acids is 1. The summed E-state index contributed by atoms with van der Waals surface area (Å²) in [7, 11) is 1.34. The number of halogens is 1. The number of rotatable bonds is 4. The van der Waals surface area contributed by atoms with E-state index >= 15 is 0 Å². The van der Waals surface area contributed by atoms with Crippen LogP contribution in [0.3, 0.4) is 0 Å². The number of methoxy groups -OCH3 is 1. The van der Waals surface area contributed by atoms with E-state index in [4.69, 9.17) is 14.3 Å². The molecule has 3 aromatic rings. The fourth-order valence-electron chi connectivity index (χ4n) is 2.54. The zero-order chi connectivity index (χ0) is 17.3. The van der Waals surface area contributed by atoms with Crippen LogP contribution in [0.15, 0.2) is 51.7 Å². The van der Waals surface area contributed by atoms with Gasteiger partial charge in [0.25, 0.3) is 0 Å². The molecule has 1 aromatic heterocycles. The van der Waals surface area contributed by atoms with E-state index in [1.807, 2.05) is 0 Å². The van der Waals surface area contributed by atoms with E-state index in [1.165, 1.54) is 31.4 Å². The van der Waals surface area contributed by atoms with Gasteiger partial charge in [-0.2, -0.15) is 0 Å². The Kier molecular flexibility index (Phi) is 4.04. The summed E-state index contributed by atoms with van der Waals surface area (Å²) in [6.45, 7) is 0. The molecule has 1 heterocycles. The molecule has 0 saturated carbocycles. The number of ether oxygens (including phenoxy) is 1. The molecular formula is C18H13FO5. The standard InChI is InChI=1S/C18H13FO5/c1-23-18-15(22)13-4-2-3-11(9-14(20)21)16(13)24-17(18)10-5-7-12(19)8-6-10/h2-8H,9H2,1H3,(H,20,21). The predicted octanol–water partition coefficient (Wildman–Crippen LogP) is 3.23. The summed E-state index contributed by atoms with van der Waals surface area (Å²) in [4.78, 5) is 23.7. The second kappa shape index (κ2) is 6.16. The van der Waals surface area contributed by atoms with Crippen LogP contribution in [-0.2, 0) is 11.2 Å². The van der Waals surface area contributed by atoms with Crippen LogP contribution in [-0.4, -0.2) is 18.2 Å². The normalized spacial score (nSPS) is 10.8. The van der Waals surface area contributed by atoms with Crippen LogP contribution in [0.4, 0.5) is 4.39 Å². The van der Waals surface area contributed by atoms with E-state index in [2.05, 4.69) is 0 Å². The lowest BCUT2D eigenvalue weighted by Gasteiger charge is -2.11. The molecule has 0 saturated heterocycles. The van der Waals surface area contributed by atoms with Gasteiger partial charge >= 0.3 is 5.97 Å². The second-order valence-electron chi connectivity index (χ2n) is 5.16. The zero-order valence-electron chi connectivity index (χ0n) is 12.7. The fourth-order valence-corrected chi connectivity index (χ4v) is 2.54. The predicted molar refractivity (Wildman–Crippen MR) is 85.8 cm³/mol. The highest BCUT2D eigenvalue weighted by Gasteiger charge is 2.19. The highest BCUT2D eigenvalue weighted by Crippen LogP contribution is 2.32. The Hall–Kier alpha value is -3.15. The molecule has 122 valence electrons. The van der Waals surface area contributed by atoms with Gasteiger partial charge < -0.3 is 14.3 Å². The summed E-state index contributed by atoms with van der Waals surface area (Å²) in [5.74, 6) is -1.34. The van der Waals surface area contributed by atoms with E-state index in [1.54, 1.807) is 18.2 Å². The molecule has 0 aliphatic rings. The van der Waals surface area contributed by atoms with Gasteiger partial charge in [0.1, 0.15) is 11.4 Å². The molecule has 24 heavy (non-hydrogen) atoms. The summed E-state index contributed by atoms with van der Waals surface area (Å²) in [5, 5.41) is 9.26. The summed E-state index contributed by atoms with van der Waals surface area (Å²) in [5.41, 5.74) is 0.607. The number of benzene rings is 2. The van der Waals surface area contributed by atoms with Crippen molar-refractivity contribution < 1.29 is 23.4 Å². The minimum atomic E-state index is -1.04. The highest BCUT2D eigenvalue weighted by molar-refractivity contribution is 5.87. The second-order valence-corrected chi connectivity index (χ2v) is 5.16. The molecule has 0 amide bonds. The van der Waals surface area contributed by atoms with Crippen molar-refractivity contribution in [1.82, 2.24) is 0 Å². The van der Waals surface area contributed by atoms with Gasteiger partial charge in [-0.1, -0.05) is 12.1 Å². The van der Waals surface area contributed by atoms with Gasteiger partial charge in [-0.3, -0.25) is 9.59 Å². The smallest absolute Gasteiger partial charge is 0.307 e. The van der Waals surface area contributed by atoms with E-state index in [-0.39, 0.29) is 28.9 Å². The number of carboxylic acids is 1. The Balaban J connectivity index is 2.34. The van der Waals surface area contributed by atoms with E-state index < -0.39 is 17.2 Å². The maximum atomic E-state index is 13.1. The van der Waals surface area contributed by atoms with Gasteiger partial charge in [-0.25, -0.2) is 4.39 Å². The lowest BCUT2D eigenvalue weighted by Crippen LogP contribution is -2.09. The molecule has 2 aromatic carbocycles. The van der Waals surface area contributed by atoms with Crippen molar-refractivity contribution >= 4 is 16.9 Å². The largest absolute Gasteiger partial charge is 0.490 e. The van der Waals surface area contributed by atoms with Crippen LogP contribution < -0.4 is 10.2 Å². The Morgan fingerprint density at radius 2 is 1.92 bits per heavy atom. The lowest BCUT2D eigenvalue weighted by molar-refractivity contribution is -0.136. The Bertz CT molecular complexity index is 973. The van der Waals surface area contributed by atoms with Crippen molar-refractivity contribution in [1.29, 1.82) is 0 Å². The van der Waals surface area contributed by atoms with Crippen molar-refractivity contribution in [2.75, 3.05) is 7.11 Å². The molecule has 0 aliphatic heterocycles. The lowest BCUT2D eigenvalue weighted by atomic mass is 10.1. The molecule has 0 radical (unpaired) electrons. The zero-order valence-corrected chi connectivity index (χ0v) is 12.7. The summed E-state index contributed by atoms with van der Waals surface area (Å²) >= 11 is 0. The fraction of sp³-hybridized carbons (Fsp3) is 0.111. The number of hydrogen-bond acceptors (Lipinski definition) is 4. The van der Waals surface area contributed by atoms with Gasteiger partial charge in [0.2, 0.25) is 11.2 Å². The van der Waals surface area contributed by atoms with Gasteiger partial charge in [0.15, 0.2) is 5.76 Å². The van der Waals surface area contributed by atoms with Crippen LogP contribution in [0.1, 0.15) is 5.56 Å². The first-order chi connectivity index (χ1) is 11.5. The number of carboxylic acid groups (broad SMARTS) is 1. The molecule has 0 bridgehead atoms. The average molecular weight is 328 g/mol.